The fraction of sp³-hybridized carbons (Fsp3) is 0. The summed E-state index contributed by atoms with van der Waals surface area (Å²) in [6.45, 7) is 0. The number of nitrogens with one attached hydrogen (secondary N) is 2. The van der Waals surface area contributed by atoms with Gasteiger partial charge in [-0.1, -0.05) is 12.1 Å². The van der Waals surface area contributed by atoms with Gasteiger partial charge in [0.2, 0.25) is 0 Å². The van der Waals surface area contributed by atoms with Crippen molar-refractivity contribution in [2.24, 2.45) is 0 Å². The number of carbonyl (C=O) groups excluding carboxylic acids is 1. The fourth-order valence-electron chi connectivity index (χ4n) is 2.09. The summed E-state index contributed by atoms with van der Waals surface area (Å²) in [5.74, 6) is -2.95. The maximum atomic E-state index is 13.6. The monoisotopic (exact) mass is 343 g/mol. The normalized spacial score (nSPS) is 10.4. The second-order valence-corrected chi connectivity index (χ2v) is 5.12. The summed E-state index contributed by atoms with van der Waals surface area (Å²) in [5, 5.41) is 5.32. The topological polar surface area (TPSA) is 54.0 Å². The van der Waals surface area contributed by atoms with Crippen LogP contribution in [-0.4, -0.2) is 10.9 Å². The molecule has 0 saturated heterocycles. The first-order valence-electron chi connectivity index (χ1n) is 7.27. The minimum atomic E-state index is -1.11. The van der Waals surface area contributed by atoms with E-state index in [1.807, 2.05) is 0 Å². The predicted molar refractivity (Wildman–Crippen MR) is 88.2 cm³/mol. The molecule has 2 aromatic carbocycles. The zero-order valence-corrected chi connectivity index (χ0v) is 12.8. The number of hydrogen-bond acceptors (Lipinski definition) is 3. The highest BCUT2D eigenvalue weighted by atomic mass is 19.2. The van der Waals surface area contributed by atoms with E-state index in [2.05, 4.69) is 15.6 Å². The molecule has 0 unspecified atom stereocenters. The van der Waals surface area contributed by atoms with E-state index in [0.29, 0.717) is 11.4 Å². The first-order valence-corrected chi connectivity index (χ1v) is 7.27. The quantitative estimate of drug-likeness (QED) is 0.734. The van der Waals surface area contributed by atoms with Crippen molar-refractivity contribution in [3.8, 4) is 0 Å². The standard InChI is InChI=1S/C18H12F3N3O/c19-13-7-5-11(9-15(13)21)18(25)24-17-8-6-12(10-22-17)23-16-4-2-1-3-14(16)20/h1-10,23H,(H,22,24,25). The summed E-state index contributed by atoms with van der Waals surface area (Å²) in [4.78, 5) is 16.0. The van der Waals surface area contributed by atoms with E-state index < -0.39 is 23.4 Å². The van der Waals surface area contributed by atoms with Crippen molar-refractivity contribution in [2.75, 3.05) is 10.6 Å². The summed E-state index contributed by atoms with van der Waals surface area (Å²) in [5.41, 5.74) is 0.785. The van der Waals surface area contributed by atoms with Crippen molar-refractivity contribution in [3.63, 3.8) is 0 Å². The number of pyridine rings is 1. The Bertz CT molecular complexity index is 914. The highest BCUT2D eigenvalue weighted by Crippen LogP contribution is 2.20. The van der Waals surface area contributed by atoms with Crippen LogP contribution in [0.3, 0.4) is 0 Å². The van der Waals surface area contributed by atoms with Gasteiger partial charge in [-0.2, -0.15) is 0 Å². The lowest BCUT2D eigenvalue weighted by Gasteiger charge is -2.09. The molecule has 7 heteroatoms. The second kappa shape index (κ2) is 7.04. The van der Waals surface area contributed by atoms with Crippen LogP contribution < -0.4 is 10.6 Å². The SMILES string of the molecule is O=C(Nc1ccc(Nc2ccccc2F)cn1)c1ccc(F)c(F)c1. The van der Waals surface area contributed by atoms with Crippen LogP contribution in [0.1, 0.15) is 10.4 Å². The molecular formula is C18H12F3N3O. The molecule has 0 spiro atoms. The van der Waals surface area contributed by atoms with E-state index in [-0.39, 0.29) is 11.4 Å². The molecule has 1 heterocycles. The first-order chi connectivity index (χ1) is 12.0. The van der Waals surface area contributed by atoms with Gasteiger partial charge < -0.3 is 10.6 Å². The number of rotatable bonds is 4. The van der Waals surface area contributed by atoms with E-state index in [0.717, 1.165) is 12.1 Å². The number of carbonyl (C=O) groups is 1. The lowest BCUT2D eigenvalue weighted by Crippen LogP contribution is -2.13. The van der Waals surface area contributed by atoms with Gasteiger partial charge in [0.15, 0.2) is 11.6 Å². The van der Waals surface area contributed by atoms with Gasteiger partial charge >= 0.3 is 0 Å². The average Bonchev–Trinajstić information content (AvgIpc) is 2.61. The molecule has 0 aliphatic carbocycles. The van der Waals surface area contributed by atoms with Crippen molar-refractivity contribution >= 4 is 23.1 Å². The van der Waals surface area contributed by atoms with E-state index in [9.17, 15) is 18.0 Å². The zero-order chi connectivity index (χ0) is 17.8. The summed E-state index contributed by atoms with van der Waals surface area (Å²) >= 11 is 0. The molecule has 0 fully saturated rings. The Labute approximate surface area is 141 Å². The maximum absolute atomic E-state index is 13.6. The number of benzene rings is 2. The van der Waals surface area contributed by atoms with Crippen LogP contribution in [0.25, 0.3) is 0 Å². The van der Waals surface area contributed by atoms with Gasteiger partial charge in [0, 0.05) is 5.56 Å². The Hall–Kier alpha value is -3.35. The van der Waals surface area contributed by atoms with Gasteiger partial charge in [-0.05, 0) is 42.5 Å². The largest absolute Gasteiger partial charge is 0.352 e. The summed E-state index contributed by atoms with van der Waals surface area (Å²) in [6, 6.07) is 12.1. The highest BCUT2D eigenvalue weighted by Gasteiger charge is 2.10. The number of amides is 1. The van der Waals surface area contributed by atoms with Crippen LogP contribution in [0.4, 0.5) is 30.4 Å². The lowest BCUT2D eigenvalue weighted by molar-refractivity contribution is 0.102. The third-order valence-electron chi connectivity index (χ3n) is 3.34. The Morgan fingerprint density at radius 3 is 2.36 bits per heavy atom. The van der Waals surface area contributed by atoms with Crippen molar-refractivity contribution in [1.82, 2.24) is 4.98 Å². The van der Waals surface area contributed by atoms with Gasteiger partial charge in [-0.3, -0.25) is 4.79 Å². The number of para-hydroxylation sites is 1. The molecule has 4 nitrogen and oxygen atoms in total. The minimum absolute atomic E-state index is 0.0331. The van der Waals surface area contributed by atoms with Crippen molar-refractivity contribution in [3.05, 3.63) is 83.8 Å². The minimum Gasteiger partial charge on any atom is -0.352 e. The molecule has 0 saturated carbocycles. The highest BCUT2D eigenvalue weighted by molar-refractivity contribution is 6.03. The molecule has 3 aromatic rings. The number of hydrogen-bond donors (Lipinski definition) is 2. The van der Waals surface area contributed by atoms with E-state index in [1.54, 1.807) is 24.3 Å². The second-order valence-electron chi connectivity index (χ2n) is 5.12. The van der Waals surface area contributed by atoms with Crippen LogP contribution in [0.2, 0.25) is 0 Å². The van der Waals surface area contributed by atoms with Crippen molar-refractivity contribution in [1.29, 1.82) is 0 Å². The fourth-order valence-corrected chi connectivity index (χ4v) is 2.09. The number of anilines is 3. The third-order valence-corrected chi connectivity index (χ3v) is 3.34. The maximum Gasteiger partial charge on any atom is 0.256 e. The average molecular weight is 343 g/mol. The summed E-state index contributed by atoms with van der Waals surface area (Å²) in [7, 11) is 0. The molecule has 126 valence electrons. The molecule has 0 aliphatic rings. The molecule has 0 atom stereocenters. The molecule has 25 heavy (non-hydrogen) atoms. The van der Waals surface area contributed by atoms with E-state index in [4.69, 9.17) is 0 Å². The summed E-state index contributed by atoms with van der Waals surface area (Å²) in [6.07, 6.45) is 1.41. The predicted octanol–water partition coefficient (Wildman–Crippen LogP) is 4.49. The van der Waals surface area contributed by atoms with Gasteiger partial charge in [0.1, 0.15) is 11.6 Å². The molecule has 3 rings (SSSR count). The van der Waals surface area contributed by atoms with Gasteiger partial charge in [0.25, 0.3) is 5.91 Å². The first kappa shape index (κ1) is 16.5. The van der Waals surface area contributed by atoms with Crippen LogP contribution in [0.5, 0.6) is 0 Å². The Balaban J connectivity index is 1.69. The molecule has 2 N–H and O–H groups in total. The lowest BCUT2D eigenvalue weighted by atomic mass is 10.2. The molecule has 1 amide bonds. The van der Waals surface area contributed by atoms with Crippen molar-refractivity contribution in [2.45, 2.75) is 0 Å². The molecule has 0 radical (unpaired) electrons. The smallest absolute Gasteiger partial charge is 0.256 e. The Morgan fingerprint density at radius 1 is 0.880 bits per heavy atom. The van der Waals surface area contributed by atoms with Gasteiger partial charge in [0.05, 0.1) is 17.6 Å². The number of aromatic nitrogens is 1. The Morgan fingerprint density at radius 2 is 1.68 bits per heavy atom. The summed E-state index contributed by atoms with van der Waals surface area (Å²) < 4.78 is 39.6. The third kappa shape index (κ3) is 3.95. The molecule has 1 aromatic heterocycles. The van der Waals surface area contributed by atoms with Crippen LogP contribution in [0, 0.1) is 17.5 Å². The number of nitrogens with zero attached hydrogens (tertiary/aromatic N) is 1. The van der Waals surface area contributed by atoms with Gasteiger partial charge in [-0.25, -0.2) is 18.2 Å². The zero-order valence-electron chi connectivity index (χ0n) is 12.8. The van der Waals surface area contributed by atoms with Crippen LogP contribution >= 0.6 is 0 Å². The van der Waals surface area contributed by atoms with Crippen LogP contribution in [0.15, 0.2) is 60.8 Å². The van der Waals surface area contributed by atoms with Crippen LogP contribution in [-0.2, 0) is 0 Å². The van der Waals surface area contributed by atoms with E-state index >= 15 is 0 Å². The van der Waals surface area contributed by atoms with E-state index in [1.165, 1.54) is 24.4 Å². The number of halogens is 3. The Kier molecular flexibility index (Phi) is 4.65. The van der Waals surface area contributed by atoms with Gasteiger partial charge in [-0.15, -0.1) is 0 Å². The molecule has 0 aliphatic heterocycles. The molecular weight excluding hydrogens is 331 g/mol. The van der Waals surface area contributed by atoms with Crippen molar-refractivity contribution < 1.29 is 18.0 Å². The molecule has 0 bridgehead atoms.